The Morgan fingerprint density at radius 1 is 1.30 bits per heavy atom. The summed E-state index contributed by atoms with van der Waals surface area (Å²) >= 11 is 1.31. The molecule has 11 heteroatoms. The minimum absolute atomic E-state index is 0.0616. The summed E-state index contributed by atoms with van der Waals surface area (Å²) in [5, 5.41) is 16.9. The van der Waals surface area contributed by atoms with Gasteiger partial charge in [-0.3, -0.25) is 14.9 Å². The van der Waals surface area contributed by atoms with Gasteiger partial charge in [0.05, 0.1) is 16.1 Å². The van der Waals surface area contributed by atoms with Gasteiger partial charge in [-0.15, -0.1) is 11.8 Å². The number of nitrogens with one attached hydrogen (secondary N) is 2. The fourth-order valence-corrected chi connectivity index (χ4v) is 2.75. The molecule has 0 aliphatic rings. The van der Waals surface area contributed by atoms with E-state index in [4.69, 9.17) is 0 Å². The van der Waals surface area contributed by atoms with Crippen LogP contribution in [-0.4, -0.2) is 35.2 Å². The number of pyridine rings is 1. The van der Waals surface area contributed by atoms with Crippen LogP contribution in [0.25, 0.3) is 0 Å². The standard InChI is InChI=1S/C16H15F3N4O3S/c1-27-15-11(3-2-6-22-15)14(24)21-8-7-20-12-5-4-10(16(17,18)19)9-13(12)23(25)26/h2-6,9,20H,7-8H2,1H3,(H,21,24). The molecule has 0 spiro atoms. The number of nitro groups is 1. The fourth-order valence-electron chi connectivity index (χ4n) is 2.20. The van der Waals surface area contributed by atoms with E-state index in [1.54, 1.807) is 24.6 Å². The molecule has 2 N–H and O–H groups in total. The summed E-state index contributed by atoms with van der Waals surface area (Å²) in [6.07, 6.45) is -1.33. The van der Waals surface area contributed by atoms with E-state index in [1.807, 2.05) is 0 Å². The molecular weight excluding hydrogens is 385 g/mol. The van der Waals surface area contributed by atoms with Crippen molar-refractivity contribution in [2.75, 3.05) is 24.7 Å². The highest BCUT2D eigenvalue weighted by molar-refractivity contribution is 7.98. The first-order valence-corrected chi connectivity index (χ1v) is 8.83. The molecular formula is C16H15F3N4O3S. The van der Waals surface area contributed by atoms with E-state index in [-0.39, 0.29) is 24.7 Å². The van der Waals surface area contributed by atoms with E-state index in [9.17, 15) is 28.1 Å². The van der Waals surface area contributed by atoms with Crippen LogP contribution in [0.5, 0.6) is 0 Å². The summed E-state index contributed by atoms with van der Waals surface area (Å²) in [7, 11) is 0. The number of amides is 1. The maximum absolute atomic E-state index is 12.7. The summed E-state index contributed by atoms with van der Waals surface area (Å²) in [6.45, 7) is 0.201. The van der Waals surface area contributed by atoms with Crippen LogP contribution in [0.4, 0.5) is 24.5 Å². The average molecular weight is 400 g/mol. The van der Waals surface area contributed by atoms with Crippen molar-refractivity contribution < 1.29 is 22.9 Å². The molecule has 0 fully saturated rings. The monoisotopic (exact) mass is 400 g/mol. The van der Waals surface area contributed by atoms with Crippen LogP contribution in [0.1, 0.15) is 15.9 Å². The van der Waals surface area contributed by atoms with Crippen molar-refractivity contribution in [3.05, 3.63) is 57.8 Å². The molecule has 1 aromatic heterocycles. The second-order valence-electron chi connectivity index (χ2n) is 5.23. The van der Waals surface area contributed by atoms with Crippen molar-refractivity contribution in [1.82, 2.24) is 10.3 Å². The Morgan fingerprint density at radius 2 is 2.04 bits per heavy atom. The van der Waals surface area contributed by atoms with Gasteiger partial charge < -0.3 is 10.6 Å². The van der Waals surface area contributed by atoms with Crippen LogP contribution >= 0.6 is 11.8 Å². The molecule has 0 aliphatic carbocycles. The number of hydrogen-bond donors (Lipinski definition) is 2. The third-order valence-electron chi connectivity index (χ3n) is 3.46. The Labute approximate surface area is 156 Å². The van der Waals surface area contributed by atoms with Crippen LogP contribution in [0.2, 0.25) is 0 Å². The van der Waals surface area contributed by atoms with Gasteiger partial charge in [0.25, 0.3) is 11.6 Å². The number of thioether (sulfide) groups is 1. The highest BCUT2D eigenvalue weighted by Crippen LogP contribution is 2.34. The number of anilines is 1. The number of aromatic nitrogens is 1. The first-order chi connectivity index (χ1) is 12.7. The summed E-state index contributed by atoms with van der Waals surface area (Å²) in [5.74, 6) is -0.365. The molecule has 7 nitrogen and oxygen atoms in total. The largest absolute Gasteiger partial charge is 0.416 e. The van der Waals surface area contributed by atoms with E-state index >= 15 is 0 Å². The van der Waals surface area contributed by atoms with Gasteiger partial charge in [-0.05, 0) is 30.5 Å². The van der Waals surface area contributed by atoms with Crippen LogP contribution in [0, 0.1) is 10.1 Å². The van der Waals surface area contributed by atoms with Gasteiger partial charge >= 0.3 is 6.18 Å². The topological polar surface area (TPSA) is 97.2 Å². The summed E-state index contributed by atoms with van der Waals surface area (Å²) in [4.78, 5) is 26.3. The zero-order valence-corrected chi connectivity index (χ0v) is 14.9. The van der Waals surface area contributed by atoms with Crippen molar-refractivity contribution in [3.8, 4) is 0 Å². The molecule has 27 heavy (non-hydrogen) atoms. The van der Waals surface area contributed by atoms with Gasteiger partial charge in [0, 0.05) is 25.4 Å². The smallest absolute Gasteiger partial charge is 0.378 e. The Morgan fingerprint density at radius 3 is 2.67 bits per heavy atom. The van der Waals surface area contributed by atoms with Crippen molar-refractivity contribution in [1.29, 1.82) is 0 Å². The molecule has 144 valence electrons. The van der Waals surface area contributed by atoms with Crippen LogP contribution in [0.15, 0.2) is 41.6 Å². The number of hydrogen-bond acceptors (Lipinski definition) is 6. The minimum atomic E-state index is -4.67. The SMILES string of the molecule is CSc1ncccc1C(=O)NCCNc1ccc(C(F)(F)F)cc1[N+](=O)[O-]. The number of carbonyl (C=O) groups is 1. The number of carbonyl (C=O) groups excluding carboxylic acids is 1. The number of halogens is 3. The van der Waals surface area contributed by atoms with Gasteiger partial charge in [0.15, 0.2) is 0 Å². The predicted molar refractivity (Wildman–Crippen MR) is 94.9 cm³/mol. The number of alkyl halides is 3. The summed E-state index contributed by atoms with van der Waals surface area (Å²) in [5.41, 5.74) is -1.46. The molecule has 0 saturated heterocycles. The first-order valence-electron chi connectivity index (χ1n) is 7.60. The molecule has 1 aromatic carbocycles. The van der Waals surface area contributed by atoms with Crippen molar-refractivity contribution in [2.45, 2.75) is 11.2 Å². The molecule has 2 rings (SSSR count). The molecule has 0 saturated carbocycles. The van der Waals surface area contributed by atoms with Gasteiger partial charge in [-0.1, -0.05) is 0 Å². The number of rotatable bonds is 7. The maximum Gasteiger partial charge on any atom is 0.416 e. The third kappa shape index (κ3) is 5.33. The molecule has 1 heterocycles. The first kappa shape index (κ1) is 20.5. The van der Waals surface area contributed by atoms with E-state index < -0.39 is 22.4 Å². The van der Waals surface area contributed by atoms with E-state index in [0.717, 1.165) is 12.1 Å². The highest BCUT2D eigenvalue weighted by Gasteiger charge is 2.33. The fraction of sp³-hybridized carbons (Fsp3) is 0.250. The minimum Gasteiger partial charge on any atom is -0.378 e. The number of benzene rings is 1. The molecule has 0 atom stereocenters. The van der Waals surface area contributed by atoms with Crippen molar-refractivity contribution in [2.24, 2.45) is 0 Å². The van der Waals surface area contributed by atoms with Gasteiger partial charge in [-0.25, -0.2) is 4.98 Å². The van der Waals surface area contributed by atoms with Gasteiger partial charge in [-0.2, -0.15) is 13.2 Å². The second-order valence-corrected chi connectivity index (χ2v) is 6.02. The van der Waals surface area contributed by atoms with Crippen LogP contribution < -0.4 is 10.6 Å². The number of nitro benzene ring substituents is 1. The molecule has 1 amide bonds. The third-order valence-corrected chi connectivity index (χ3v) is 4.17. The lowest BCUT2D eigenvalue weighted by Crippen LogP contribution is -2.29. The second kappa shape index (κ2) is 8.71. The molecule has 0 aliphatic heterocycles. The lowest BCUT2D eigenvalue weighted by Gasteiger charge is -2.11. The highest BCUT2D eigenvalue weighted by atomic mass is 32.2. The van der Waals surface area contributed by atoms with Crippen LogP contribution in [-0.2, 0) is 6.18 Å². The zero-order chi connectivity index (χ0) is 20.0. The normalized spacial score (nSPS) is 11.1. The molecule has 2 aromatic rings. The quantitative estimate of drug-likeness (QED) is 0.319. The number of nitrogens with zero attached hydrogens (tertiary/aromatic N) is 2. The molecule has 0 unspecified atom stereocenters. The lowest BCUT2D eigenvalue weighted by atomic mass is 10.1. The molecule has 0 radical (unpaired) electrons. The Hall–Kier alpha value is -2.82. The van der Waals surface area contributed by atoms with Gasteiger partial charge in [0.1, 0.15) is 10.7 Å². The Bertz CT molecular complexity index is 846. The lowest BCUT2D eigenvalue weighted by molar-refractivity contribution is -0.384. The summed E-state index contributed by atoms with van der Waals surface area (Å²) in [6, 6.07) is 5.46. The van der Waals surface area contributed by atoms with Crippen molar-refractivity contribution >= 4 is 29.0 Å². The Balaban J connectivity index is 1.99. The zero-order valence-electron chi connectivity index (χ0n) is 14.0. The van der Waals surface area contributed by atoms with Gasteiger partial charge in [0.2, 0.25) is 0 Å². The van der Waals surface area contributed by atoms with Crippen molar-refractivity contribution in [3.63, 3.8) is 0 Å². The van der Waals surface area contributed by atoms with E-state index in [2.05, 4.69) is 15.6 Å². The van der Waals surface area contributed by atoms with E-state index in [0.29, 0.717) is 16.7 Å². The van der Waals surface area contributed by atoms with E-state index in [1.165, 1.54) is 11.8 Å². The Kier molecular flexibility index (Phi) is 6.61. The predicted octanol–water partition coefficient (Wildman–Crippen LogP) is 3.57. The average Bonchev–Trinajstić information content (AvgIpc) is 2.64. The summed E-state index contributed by atoms with van der Waals surface area (Å²) < 4.78 is 38.1. The van der Waals surface area contributed by atoms with Crippen LogP contribution in [0.3, 0.4) is 0 Å². The molecule has 0 bridgehead atoms. The maximum atomic E-state index is 12.7.